The van der Waals surface area contributed by atoms with E-state index >= 15 is 0 Å². The second-order valence-electron chi connectivity index (χ2n) is 4.21. The smallest absolute Gasteiger partial charge is 0.265 e. The van der Waals surface area contributed by atoms with Gasteiger partial charge in [-0.2, -0.15) is 0 Å². The first-order chi connectivity index (χ1) is 9.72. The van der Waals surface area contributed by atoms with Gasteiger partial charge in [-0.25, -0.2) is 5.84 Å². The fourth-order valence-electron chi connectivity index (χ4n) is 1.83. The molecule has 0 saturated carbocycles. The van der Waals surface area contributed by atoms with Crippen LogP contribution in [0.4, 0.5) is 0 Å². The predicted molar refractivity (Wildman–Crippen MR) is 80.7 cm³/mol. The summed E-state index contributed by atoms with van der Waals surface area (Å²) in [6.07, 6.45) is 0. The molecular formula is C15H15BrN2O2. The van der Waals surface area contributed by atoms with Crippen LogP contribution in [0, 0.1) is 0 Å². The fraction of sp³-hybridized carbons (Fsp3) is 0.133. The van der Waals surface area contributed by atoms with Gasteiger partial charge in [-0.1, -0.05) is 52.3 Å². The van der Waals surface area contributed by atoms with E-state index in [0.29, 0.717) is 18.8 Å². The molecule has 0 fully saturated rings. The van der Waals surface area contributed by atoms with E-state index in [1.54, 1.807) is 12.1 Å². The van der Waals surface area contributed by atoms with Crippen LogP contribution in [0.1, 0.15) is 21.5 Å². The van der Waals surface area contributed by atoms with Crippen LogP contribution in [0.3, 0.4) is 0 Å². The Morgan fingerprint density at radius 1 is 1.05 bits per heavy atom. The van der Waals surface area contributed by atoms with Gasteiger partial charge in [-0.15, -0.1) is 0 Å². The maximum Gasteiger partial charge on any atom is 0.265 e. The Labute approximate surface area is 126 Å². The Morgan fingerprint density at radius 3 is 2.35 bits per heavy atom. The molecule has 2 aromatic rings. The topological polar surface area (TPSA) is 64.3 Å². The lowest BCUT2D eigenvalue weighted by Gasteiger charge is -2.10. The normalized spacial score (nSPS) is 10.3. The van der Waals surface area contributed by atoms with Crippen LogP contribution in [0.2, 0.25) is 0 Å². The Kier molecular flexibility index (Phi) is 5.29. The van der Waals surface area contributed by atoms with Crippen LogP contribution in [-0.2, 0) is 18.0 Å². The van der Waals surface area contributed by atoms with Crippen molar-refractivity contribution >= 4 is 21.8 Å². The summed E-state index contributed by atoms with van der Waals surface area (Å²) in [5.41, 5.74) is 4.54. The van der Waals surface area contributed by atoms with Gasteiger partial charge in [0.15, 0.2) is 0 Å². The lowest BCUT2D eigenvalue weighted by molar-refractivity contribution is 0.0927. The molecular weight excluding hydrogens is 320 g/mol. The molecule has 0 radical (unpaired) electrons. The highest BCUT2D eigenvalue weighted by atomic mass is 79.9. The first-order valence-electron chi connectivity index (χ1n) is 6.12. The minimum absolute atomic E-state index is 0.315. The van der Waals surface area contributed by atoms with Gasteiger partial charge < -0.3 is 4.74 Å². The molecule has 104 valence electrons. The van der Waals surface area contributed by atoms with Crippen molar-refractivity contribution in [2.24, 2.45) is 5.84 Å². The molecule has 0 aromatic heterocycles. The van der Waals surface area contributed by atoms with Crippen LogP contribution in [0.15, 0.2) is 53.0 Å². The standard InChI is InChI=1S/C15H15BrN2O2/c16-14-8-4-2-6-12(14)10-20-9-11-5-1-3-7-13(11)15(19)18-17/h1-8H,9-10,17H2,(H,18,19). The molecule has 0 spiro atoms. The van der Waals surface area contributed by atoms with Crippen molar-refractivity contribution < 1.29 is 9.53 Å². The number of hydrogen-bond acceptors (Lipinski definition) is 3. The molecule has 0 saturated heterocycles. The molecule has 0 aliphatic carbocycles. The number of nitrogen functional groups attached to an aromatic ring is 1. The first-order valence-corrected chi connectivity index (χ1v) is 6.91. The largest absolute Gasteiger partial charge is 0.372 e. The van der Waals surface area contributed by atoms with Crippen molar-refractivity contribution in [3.05, 3.63) is 69.7 Å². The van der Waals surface area contributed by atoms with Crippen LogP contribution in [0.5, 0.6) is 0 Å². The average Bonchev–Trinajstić information content (AvgIpc) is 2.49. The van der Waals surface area contributed by atoms with Crippen LogP contribution in [-0.4, -0.2) is 5.91 Å². The van der Waals surface area contributed by atoms with E-state index in [-0.39, 0.29) is 5.91 Å². The van der Waals surface area contributed by atoms with Crippen LogP contribution >= 0.6 is 15.9 Å². The molecule has 2 rings (SSSR count). The van der Waals surface area contributed by atoms with E-state index < -0.39 is 0 Å². The molecule has 1 amide bonds. The first kappa shape index (κ1) is 14.7. The number of amides is 1. The molecule has 0 aliphatic heterocycles. The van der Waals surface area contributed by atoms with Crippen LogP contribution in [0.25, 0.3) is 0 Å². The molecule has 0 bridgehead atoms. The maximum absolute atomic E-state index is 11.6. The van der Waals surface area contributed by atoms with Crippen molar-refractivity contribution in [2.45, 2.75) is 13.2 Å². The van der Waals surface area contributed by atoms with Gasteiger partial charge in [0.1, 0.15) is 0 Å². The molecule has 20 heavy (non-hydrogen) atoms. The van der Waals surface area contributed by atoms with Crippen molar-refractivity contribution in [3.8, 4) is 0 Å². The van der Waals surface area contributed by atoms with E-state index in [4.69, 9.17) is 10.6 Å². The van der Waals surface area contributed by atoms with E-state index in [9.17, 15) is 4.79 Å². The zero-order valence-corrected chi connectivity index (χ0v) is 12.4. The van der Waals surface area contributed by atoms with Gasteiger partial charge in [-0.3, -0.25) is 10.2 Å². The Morgan fingerprint density at radius 2 is 1.65 bits per heavy atom. The summed E-state index contributed by atoms with van der Waals surface area (Å²) in [5, 5.41) is 0. The molecule has 0 heterocycles. The maximum atomic E-state index is 11.6. The van der Waals surface area contributed by atoms with Gasteiger partial charge in [0.05, 0.1) is 13.2 Å². The summed E-state index contributed by atoms with van der Waals surface area (Å²) in [4.78, 5) is 11.6. The van der Waals surface area contributed by atoms with Gasteiger partial charge in [0, 0.05) is 10.0 Å². The van der Waals surface area contributed by atoms with Crippen molar-refractivity contribution in [3.63, 3.8) is 0 Å². The van der Waals surface area contributed by atoms with E-state index in [1.807, 2.05) is 36.4 Å². The number of carbonyl (C=O) groups is 1. The fourth-order valence-corrected chi connectivity index (χ4v) is 2.23. The third kappa shape index (κ3) is 3.66. The number of rotatable bonds is 5. The monoisotopic (exact) mass is 334 g/mol. The second-order valence-corrected chi connectivity index (χ2v) is 5.07. The molecule has 0 atom stereocenters. The van der Waals surface area contributed by atoms with Gasteiger partial charge in [-0.05, 0) is 23.3 Å². The number of benzene rings is 2. The number of ether oxygens (including phenoxy) is 1. The minimum atomic E-state index is -0.315. The van der Waals surface area contributed by atoms with Crippen LogP contribution < -0.4 is 11.3 Å². The summed E-state index contributed by atoms with van der Waals surface area (Å²) in [7, 11) is 0. The zero-order chi connectivity index (χ0) is 14.4. The summed E-state index contributed by atoms with van der Waals surface area (Å²) in [6, 6.07) is 15.1. The third-order valence-corrected chi connectivity index (χ3v) is 3.64. The molecule has 2 aromatic carbocycles. The Bertz CT molecular complexity index is 602. The number of hydrogen-bond donors (Lipinski definition) is 2. The number of carbonyl (C=O) groups excluding carboxylic acids is 1. The van der Waals surface area contributed by atoms with Gasteiger partial charge >= 0.3 is 0 Å². The average molecular weight is 335 g/mol. The number of halogens is 1. The minimum Gasteiger partial charge on any atom is -0.372 e. The molecule has 0 unspecified atom stereocenters. The number of hydrazine groups is 1. The highest BCUT2D eigenvalue weighted by Gasteiger charge is 2.09. The Balaban J connectivity index is 2.01. The Hall–Kier alpha value is -1.69. The van der Waals surface area contributed by atoms with Crippen molar-refractivity contribution in [2.75, 3.05) is 0 Å². The molecule has 3 N–H and O–H groups in total. The van der Waals surface area contributed by atoms with Gasteiger partial charge in [0.25, 0.3) is 5.91 Å². The van der Waals surface area contributed by atoms with Crippen molar-refractivity contribution in [1.29, 1.82) is 0 Å². The van der Waals surface area contributed by atoms with E-state index in [0.717, 1.165) is 15.6 Å². The lowest BCUT2D eigenvalue weighted by Crippen LogP contribution is -2.30. The van der Waals surface area contributed by atoms with E-state index in [1.165, 1.54) is 0 Å². The summed E-state index contributed by atoms with van der Waals surface area (Å²) < 4.78 is 6.68. The predicted octanol–water partition coefficient (Wildman–Crippen LogP) is 2.77. The van der Waals surface area contributed by atoms with Gasteiger partial charge in [0.2, 0.25) is 0 Å². The molecule has 0 aliphatic rings. The number of nitrogens with two attached hydrogens (primary N) is 1. The quantitative estimate of drug-likeness (QED) is 0.502. The number of nitrogens with one attached hydrogen (secondary N) is 1. The lowest BCUT2D eigenvalue weighted by atomic mass is 10.1. The summed E-state index contributed by atoms with van der Waals surface area (Å²) in [5.74, 6) is 4.85. The summed E-state index contributed by atoms with van der Waals surface area (Å²) in [6.45, 7) is 0.824. The summed E-state index contributed by atoms with van der Waals surface area (Å²) >= 11 is 3.47. The van der Waals surface area contributed by atoms with Crippen molar-refractivity contribution in [1.82, 2.24) is 5.43 Å². The van der Waals surface area contributed by atoms with E-state index in [2.05, 4.69) is 21.4 Å². The molecule has 4 nitrogen and oxygen atoms in total. The third-order valence-electron chi connectivity index (χ3n) is 2.87. The second kappa shape index (κ2) is 7.19. The zero-order valence-electron chi connectivity index (χ0n) is 10.8. The SMILES string of the molecule is NNC(=O)c1ccccc1COCc1ccccc1Br. The highest BCUT2D eigenvalue weighted by molar-refractivity contribution is 9.10. The molecule has 5 heteroatoms. The highest BCUT2D eigenvalue weighted by Crippen LogP contribution is 2.18.